The minimum atomic E-state index is -0.249. The van der Waals surface area contributed by atoms with Crippen LogP contribution in [0.4, 0.5) is 0 Å². The summed E-state index contributed by atoms with van der Waals surface area (Å²) >= 11 is 0. The van der Waals surface area contributed by atoms with Gasteiger partial charge < -0.3 is 10.6 Å². The topological polar surface area (TPSA) is 58.2 Å². The van der Waals surface area contributed by atoms with Crippen LogP contribution in [0.15, 0.2) is 12.7 Å². The molecule has 2 N–H and O–H groups in total. The van der Waals surface area contributed by atoms with Gasteiger partial charge in [-0.05, 0) is 19.4 Å². The second-order valence-corrected chi connectivity index (χ2v) is 3.12. The number of hydrogen-bond acceptors (Lipinski definition) is 2. The van der Waals surface area contributed by atoms with Crippen LogP contribution in [-0.4, -0.2) is 24.4 Å². The molecular weight excluding hydrogens is 180 g/mol. The van der Waals surface area contributed by atoms with Gasteiger partial charge in [0.2, 0.25) is 11.8 Å². The van der Waals surface area contributed by atoms with Crippen LogP contribution in [0.2, 0.25) is 0 Å². The van der Waals surface area contributed by atoms with E-state index in [1.807, 2.05) is 13.8 Å². The van der Waals surface area contributed by atoms with Crippen LogP contribution in [-0.2, 0) is 9.59 Å². The molecule has 1 atom stereocenters. The van der Waals surface area contributed by atoms with Crippen molar-refractivity contribution in [2.75, 3.05) is 6.54 Å². The largest absolute Gasteiger partial charge is 0.354 e. The van der Waals surface area contributed by atoms with Crippen LogP contribution in [0.1, 0.15) is 26.7 Å². The highest BCUT2D eigenvalue weighted by molar-refractivity contribution is 5.87. The third kappa shape index (κ3) is 6.22. The molecule has 0 aliphatic carbocycles. The van der Waals surface area contributed by atoms with Crippen molar-refractivity contribution in [1.29, 1.82) is 0 Å². The molecule has 0 spiro atoms. The third-order valence-electron chi connectivity index (χ3n) is 1.86. The van der Waals surface area contributed by atoms with Gasteiger partial charge in [0.25, 0.3) is 0 Å². The minimum Gasteiger partial charge on any atom is -0.354 e. The molecule has 0 heterocycles. The maximum atomic E-state index is 11.2. The van der Waals surface area contributed by atoms with Crippen molar-refractivity contribution in [2.45, 2.75) is 32.7 Å². The van der Waals surface area contributed by atoms with E-state index in [-0.39, 0.29) is 17.9 Å². The summed E-state index contributed by atoms with van der Waals surface area (Å²) in [7, 11) is 0. The van der Waals surface area contributed by atoms with Crippen molar-refractivity contribution < 1.29 is 9.59 Å². The van der Waals surface area contributed by atoms with Crippen LogP contribution < -0.4 is 10.6 Å². The summed E-state index contributed by atoms with van der Waals surface area (Å²) in [5.41, 5.74) is 0. The van der Waals surface area contributed by atoms with E-state index in [1.165, 1.54) is 6.08 Å². The van der Waals surface area contributed by atoms with Crippen LogP contribution in [0.25, 0.3) is 0 Å². The van der Waals surface area contributed by atoms with Gasteiger partial charge in [-0.25, -0.2) is 0 Å². The molecule has 0 aliphatic heterocycles. The Hall–Kier alpha value is -1.32. The molecule has 0 radical (unpaired) electrons. The van der Waals surface area contributed by atoms with Gasteiger partial charge in [-0.1, -0.05) is 13.5 Å². The fraction of sp³-hybridized carbons (Fsp3) is 0.600. The van der Waals surface area contributed by atoms with Gasteiger partial charge in [-0.15, -0.1) is 0 Å². The molecular formula is C10H18N2O2. The van der Waals surface area contributed by atoms with Gasteiger partial charge in [0.1, 0.15) is 0 Å². The lowest BCUT2D eigenvalue weighted by Gasteiger charge is -2.10. The normalized spacial score (nSPS) is 11.6. The van der Waals surface area contributed by atoms with E-state index in [0.29, 0.717) is 13.0 Å². The molecule has 0 rings (SSSR count). The van der Waals surface area contributed by atoms with E-state index in [0.717, 1.165) is 6.42 Å². The number of carbonyl (C=O) groups is 2. The van der Waals surface area contributed by atoms with E-state index in [4.69, 9.17) is 0 Å². The minimum absolute atomic E-state index is 0.0382. The highest BCUT2D eigenvalue weighted by Gasteiger charge is 2.04. The molecule has 0 aromatic rings. The maximum Gasteiger partial charge on any atom is 0.243 e. The van der Waals surface area contributed by atoms with Gasteiger partial charge >= 0.3 is 0 Å². The Morgan fingerprint density at radius 2 is 2.14 bits per heavy atom. The SMILES string of the molecule is C=CC(=O)NCCC(=O)NC(C)CC. The van der Waals surface area contributed by atoms with Crippen LogP contribution in [0.5, 0.6) is 0 Å². The lowest BCUT2D eigenvalue weighted by molar-refractivity contribution is -0.121. The first kappa shape index (κ1) is 12.7. The lowest BCUT2D eigenvalue weighted by atomic mass is 10.2. The Morgan fingerprint density at radius 3 is 2.64 bits per heavy atom. The number of carbonyl (C=O) groups excluding carboxylic acids is 2. The summed E-state index contributed by atoms with van der Waals surface area (Å²) in [5, 5.41) is 5.34. The highest BCUT2D eigenvalue weighted by atomic mass is 16.2. The van der Waals surface area contributed by atoms with E-state index < -0.39 is 0 Å². The zero-order valence-electron chi connectivity index (χ0n) is 8.80. The van der Waals surface area contributed by atoms with Crippen molar-refractivity contribution in [3.63, 3.8) is 0 Å². The molecule has 0 saturated heterocycles. The first-order valence-electron chi connectivity index (χ1n) is 4.79. The molecule has 0 saturated carbocycles. The number of nitrogens with one attached hydrogen (secondary N) is 2. The predicted molar refractivity (Wildman–Crippen MR) is 55.7 cm³/mol. The Balaban J connectivity index is 3.54. The zero-order valence-corrected chi connectivity index (χ0v) is 8.80. The fourth-order valence-corrected chi connectivity index (χ4v) is 0.820. The molecule has 2 amide bonds. The van der Waals surface area contributed by atoms with Gasteiger partial charge in [0.05, 0.1) is 0 Å². The molecule has 14 heavy (non-hydrogen) atoms. The highest BCUT2D eigenvalue weighted by Crippen LogP contribution is 1.88. The van der Waals surface area contributed by atoms with Crippen LogP contribution >= 0.6 is 0 Å². The summed E-state index contributed by atoms with van der Waals surface area (Å²) < 4.78 is 0. The van der Waals surface area contributed by atoms with Gasteiger partial charge in [0, 0.05) is 19.0 Å². The molecule has 1 unspecified atom stereocenters. The second kappa shape index (κ2) is 7.12. The van der Waals surface area contributed by atoms with Crippen molar-refractivity contribution in [2.24, 2.45) is 0 Å². The monoisotopic (exact) mass is 198 g/mol. The van der Waals surface area contributed by atoms with E-state index in [1.54, 1.807) is 0 Å². The summed E-state index contributed by atoms with van der Waals surface area (Å²) in [6.07, 6.45) is 2.40. The standard InChI is InChI=1S/C10H18N2O2/c1-4-8(3)12-10(14)6-7-11-9(13)5-2/h5,8H,2,4,6-7H2,1,3H3,(H,11,13)(H,12,14). The molecule has 4 nitrogen and oxygen atoms in total. The second-order valence-electron chi connectivity index (χ2n) is 3.12. The van der Waals surface area contributed by atoms with Crippen molar-refractivity contribution in [3.05, 3.63) is 12.7 Å². The van der Waals surface area contributed by atoms with Crippen LogP contribution in [0.3, 0.4) is 0 Å². The maximum absolute atomic E-state index is 11.2. The Bertz CT molecular complexity index is 214. The molecule has 0 aromatic heterocycles. The molecule has 80 valence electrons. The van der Waals surface area contributed by atoms with Gasteiger partial charge in [-0.3, -0.25) is 9.59 Å². The summed E-state index contributed by atoms with van der Waals surface area (Å²) in [6, 6.07) is 0.192. The van der Waals surface area contributed by atoms with Crippen molar-refractivity contribution in [3.8, 4) is 0 Å². The predicted octanol–water partition coefficient (Wildman–Crippen LogP) is 0.593. The number of amides is 2. The molecule has 0 fully saturated rings. The zero-order chi connectivity index (χ0) is 11.0. The van der Waals surface area contributed by atoms with E-state index in [9.17, 15) is 9.59 Å². The number of hydrogen-bond donors (Lipinski definition) is 2. The average molecular weight is 198 g/mol. The molecule has 0 bridgehead atoms. The fourth-order valence-electron chi connectivity index (χ4n) is 0.820. The first-order chi connectivity index (χ1) is 6.60. The smallest absolute Gasteiger partial charge is 0.243 e. The molecule has 0 aromatic carbocycles. The quantitative estimate of drug-likeness (QED) is 0.614. The molecule has 0 aliphatic rings. The summed E-state index contributed by atoms with van der Waals surface area (Å²) in [4.78, 5) is 21.9. The van der Waals surface area contributed by atoms with Gasteiger partial charge in [0.15, 0.2) is 0 Å². The first-order valence-corrected chi connectivity index (χ1v) is 4.79. The van der Waals surface area contributed by atoms with Gasteiger partial charge in [-0.2, -0.15) is 0 Å². The van der Waals surface area contributed by atoms with Crippen molar-refractivity contribution in [1.82, 2.24) is 10.6 Å². The van der Waals surface area contributed by atoms with Crippen LogP contribution in [0, 0.1) is 0 Å². The Morgan fingerprint density at radius 1 is 1.50 bits per heavy atom. The Labute approximate surface area is 84.8 Å². The van der Waals surface area contributed by atoms with Crippen molar-refractivity contribution >= 4 is 11.8 Å². The summed E-state index contributed by atoms with van der Waals surface area (Å²) in [6.45, 7) is 7.61. The van der Waals surface area contributed by atoms with E-state index >= 15 is 0 Å². The number of rotatable bonds is 6. The third-order valence-corrected chi connectivity index (χ3v) is 1.86. The van der Waals surface area contributed by atoms with E-state index in [2.05, 4.69) is 17.2 Å². The average Bonchev–Trinajstić information content (AvgIpc) is 2.17. The summed E-state index contributed by atoms with van der Waals surface area (Å²) in [5.74, 6) is -0.287. The Kier molecular flexibility index (Phi) is 6.45. The lowest BCUT2D eigenvalue weighted by Crippen LogP contribution is -2.34. The molecule has 4 heteroatoms.